The zero-order valence-corrected chi connectivity index (χ0v) is 10.6. The minimum absolute atomic E-state index is 0.169. The minimum Gasteiger partial charge on any atom is -0.339 e. The highest BCUT2D eigenvalue weighted by Gasteiger charge is 2.40. The van der Waals surface area contributed by atoms with E-state index in [1.165, 1.54) is 19.3 Å². The topological polar surface area (TPSA) is 46.3 Å². The summed E-state index contributed by atoms with van der Waals surface area (Å²) in [6, 6.07) is 10.2. The van der Waals surface area contributed by atoms with Crippen molar-refractivity contribution in [2.45, 2.75) is 37.8 Å². The van der Waals surface area contributed by atoms with Crippen LogP contribution in [0.1, 0.15) is 37.3 Å². The molecule has 3 unspecified atom stereocenters. The van der Waals surface area contributed by atoms with Gasteiger partial charge in [0.2, 0.25) is 5.91 Å². The van der Waals surface area contributed by atoms with E-state index in [0.29, 0.717) is 12.5 Å². The number of carbonyl (C=O) groups is 1. The van der Waals surface area contributed by atoms with Crippen LogP contribution in [0.5, 0.6) is 0 Å². The van der Waals surface area contributed by atoms with Crippen molar-refractivity contribution in [2.24, 2.45) is 11.7 Å². The first-order chi connectivity index (χ1) is 8.74. The monoisotopic (exact) mass is 244 g/mol. The minimum atomic E-state index is -0.169. The molecule has 0 aromatic heterocycles. The maximum absolute atomic E-state index is 12.3. The van der Waals surface area contributed by atoms with Crippen molar-refractivity contribution in [3.8, 4) is 0 Å². The Morgan fingerprint density at radius 1 is 1.33 bits per heavy atom. The predicted molar refractivity (Wildman–Crippen MR) is 70.8 cm³/mol. The van der Waals surface area contributed by atoms with E-state index >= 15 is 0 Å². The Morgan fingerprint density at radius 3 is 2.72 bits per heavy atom. The van der Waals surface area contributed by atoms with Crippen LogP contribution in [0.15, 0.2) is 30.3 Å². The number of carbonyl (C=O) groups excluding carboxylic acids is 1. The van der Waals surface area contributed by atoms with E-state index in [1.54, 1.807) is 0 Å². The van der Waals surface area contributed by atoms with Gasteiger partial charge in [-0.2, -0.15) is 0 Å². The third-order valence-corrected chi connectivity index (χ3v) is 4.35. The van der Waals surface area contributed by atoms with Crippen LogP contribution in [-0.4, -0.2) is 23.4 Å². The van der Waals surface area contributed by atoms with Crippen molar-refractivity contribution >= 4 is 5.91 Å². The van der Waals surface area contributed by atoms with Crippen molar-refractivity contribution in [3.05, 3.63) is 35.9 Å². The number of fused-ring (bicyclic) bond motifs is 2. The number of benzene rings is 1. The van der Waals surface area contributed by atoms with Crippen LogP contribution >= 0.6 is 0 Å². The van der Waals surface area contributed by atoms with Gasteiger partial charge in [-0.15, -0.1) is 0 Å². The molecule has 3 atom stereocenters. The van der Waals surface area contributed by atoms with Crippen LogP contribution < -0.4 is 5.73 Å². The molecule has 2 aliphatic rings. The maximum Gasteiger partial charge on any atom is 0.224 e. The highest BCUT2D eigenvalue weighted by atomic mass is 16.2. The first-order valence-corrected chi connectivity index (χ1v) is 6.84. The average Bonchev–Trinajstić information content (AvgIpc) is 3.02. The molecule has 1 saturated carbocycles. The Kier molecular flexibility index (Phi) is 3.08. The number of rotatable bonds is 3. The normalized spacial score (nSPS) is 27.5. The Hall–Kier alpha value is -1.35. The molecule has 1 saturated heterocycles. The van der Waals surface area contributed by atoms with Crippen molar-refractivity contribution in [3.63, 3.8) is 0 Å². The van der Waals surface area contributed by atoms with Gasteiger partial charge in [0.25, 0.3) is 0 Å². The largest absolute Gasteiger partial charge is 0.339 e. The second-order valence-corrected chi connectivity index (χ2v) is 5.60. The molecule has 2 bridgehead atoms. The lowest BCUT2D eigenvalue weighted by molar-refractivity contribution is -0.133. The smallest absolute Gasteiger partial charge is 0.224 e. The molecule has 1 aromatic carbocycles. The van der Waals surface area contributed by atoms with Crippen molar-refractivity contribution < 1.29 is 4.79 Å². The molecule has 2 fully saturated rings. The van der Waals surface area contributed by atoms with Gasteiger partial charge in [-0.3, -0.25) is 4.79 Å². The zero-order chi connectivity index (χ0) is 12.5. The molecule has 3 nitrogen and oxygen atoms in total. The predicted octanol–water partition coefficient (Wildman–Crippen LogP) is 2.09. The maximum atomic E-state index is 12.3. The number of piperidine rings is 1. The highest BCUT2D eigenvalue weighted by Crippen LogP contribution is 2.38. The van der Waals surface area contributed by atoms with Gasteiger partial charge in [-0.25, -0.2) is 0 Å². The summed E-state index contributed by atoms with van der Waals surface area (Å²) in [6.45, 7) is 0.963. The summed E-state index contributed by atoms with van der Waals surface area (Å²) in [7, 11) is 0. The first-order valence-electron chi connectivity index (χ1n) is 6.84. The molecule has 1 amide bonds. The second kappa shape index (κ2) is 4.73. The summed E-state index contributed by atoms with van der Waals surface area (Å²) in [5, 5.41) is 0. The van der Waals surface area contributed by atoms with Gasteiger partial charge in [0.05, 0.1) is 0 Å². The molecular formula is C15H20N2O. The van der Waals surface area contributed by atoms with Crippen LogP contribution in [-0.2, 0) is 4.79 Å². The van der Waals surface area contributed by atoms with E-state index in [1.807, 2.05) is 30.3 Å². The summed E-state index contributed by atoms with van der Waals surface area (Å²) in [5.41, 5.74) is 7.17. The number of nitrogens with zero attached hydrogens (tertiary/aromatic N) is 1. The Labute approximate surface area is 108 Å². The molecule has 0 radical (unpaired) electrons. The van der Waals surface area contributed by atoms with Crippen LogP contribution in [0.2, 0.25) is 0 Å². The van der Waals surface area contributed by atoms with Gasteiger partial charge in [0.15, 0.2) is 0 Å². The lowest BCUT2D eigenvalue weighted by atomic mass is 10.0. The van der Waals surface area contributed by atoms with E-state index in [9.17, 15) is 4.79 Å². The molecule has 1 heterocycles. The first kappa shape index (κ1) is 11.7. The van der Waals surface area contributed by atoms with Gasteiger partial charge in [-0.1, -0.05) is 30.3 Å². The SMILES string of the molecule is NC(CC(=O)N1CC2CCC1C2)c1ccccc1. The van der Waals surface area contributed by atoms with Gasteiger partial charge >= 0.3 is 0 Å². The Bertz CT molecular complexity index is 431. The molecule has 96 valence electrons. The van der Waals surface area contributed by atoms with Gasteiger partial charge in [-0.05, 0) is 30.7 Å². The van der Waals surface area contributed by atoms with Gasteiger partial charge in [0, 0.05) is 25.0 Å². The number of hydrogen-bond acceptors (Lipinski definition) is 2. The van der Waals surface area contributed by atoms with Crippen LogP contribution in [0, 0.1) is 5.92 Å². The Morgan fingerprint density at radius 2 is 2.11 bits per heavy atom. The third kappa shape index (κ3) is 2.15. The summed E-state index contributed by atoms with van der Waals surface area (Å²) in [5.74, 6) is 0.991. The molecule has 1 aliphatic heterocycles. The van der Waals surface area contributed by atoms with E-state index in [4.69, 9.17) is 5.73 Å². The molecule has 1 aliphatic carbocycles. The molecule has 2 N–H and O–H groups in total. The van der Waals surface area contributed by atoms with Crippen molar-refractivity contribution in [2.75, 3.05) is 6.54 Å². The zero-order valence-electron chi connectivity index (χ0n) is 10.6. The summed E-state index contributed by atoms with van der Waals surface area (Å²) >= 11 is 0. The van der Waals surface area contributed by atoms with Crippen LogP contribution in [0.3, 0.4) is 0 Å². The summed E-state index contributed by atoms with van der Waals surface area (Å²) in [6.07, 6.45) is 4.15. The molecule has 0 spiro atoms. The molecular weight excluding hydrogens is 224 g/mol. The number of hydrogen-bond donors (Lipinski definition) is 1. The van der Waals surface area contributed by atoms with Crippen LogP contribution in [0.4, 0.5) is 0 Å². The van der Waals surface area contributed by atoms with E-state index in [-0.39, 0.29) is 11.9 Å². The number of likely N-dealkylation sites (tertiary alicyclic amines) is 1. The lowest BCUT2D eigenvalue weighted by Crippen LogP contribution is -2.39. The quantitative estimate of drug-likeness (QED) is 0.885. The second-order valence-electron chi connectivity index (χ2n) is 5.60. The molecule has 18 heavy (non-hydrogen) atoms. The van der Waals surface area contributed by atoms with E-state index in [0.717, 1.165) is 18.0 Å². The fourth-order valence-electron chi connectivity index (χ4n) is 3.35. The molecule has 1 aromatic rings. The van der Waals surface area contributed by atoms with Crippen molar-refractivity contribution in [1.29, 1.82) is 0 Å². The van der Waals surface area contributed by atoms with E-state index in [2.05, 4.69) is 4.90 Å². The Balaban J connectivity index is 1.61. The lowest BCUT2D eigenvalue weighted by Gasteiger charge is -2.28. The summed E-state index contributed by atoms with van der Waals surface area (Å²) < 4.78 is 0. The number of nitrogens with two attached hydrogens (primary N) is 1. The fourth-order valence-corrected chi connectivity index (χ4v) is 3.35. The number of amides is 1. The highest BCUT2D eigenvalue weighted by molar-refractivity contribution is 5.78. The van der Waals surface area contributed by atoms with Crippen molar-refractivity contribution in [1.82, 2.24) is 4.90 Å². The van der Waals surface area contributed by atoms with E-state index < -0.39 is 0 Å². The standard InChI is InChI=1S/C15H20N2O/c16-14(12-4-2-1-3-5-12)9-15(18)17-10-11-6-7-13(17)8-11/h1-5,11,13-14H,6-10,16H2. The summed E-state index contributed by atoms with van der Waals surface area (Å²) in [4.78, 5) is 14.3. The average molecular weight is 244 g/mol. The van der Waals surface area contributed by atoms with Crippen LogP contribution in [0.25, 0.3) is 0 Å². The fraction of sp³-hybridized carbons (Fsp3) is 0.533. The van der Waals surface area contributed by atoms with Gasteiger partial charge < -0.3 is 10.6 Å². The molecule has 3 rings (SSSR count). The third-order valence-electron chi connectivity index (χ3n) is 4.35. The van der Waals surface area contributed by atoms with Gasteiger partial charge in [0.1, 0.15) is 0 Å². The molecule has 3 heteroatoms.